The van der Waals surface area contributed by atoms with Crippen molar-refractivity contribution in [1.82, 2.24) is 35.4 Å². The summed E-state index contributed by atoms with van der Waals surface area (Å²) in [5.41, 5.74) is 4.21. The molecule has 2 heterocycles. The first-order valence-corrected chi connectivity index (χ1v) is 10.2. The number of benzene rings is 2. The average Bonchev–Trinajstić information content (AvgIpc) is 3.47. The second-order valence-corrected chi connectivity index (χ2v) is 7.01. The molecule has 0 aliphatic carbocycles. The zero-order chi connectivity index (χ0) is 21.5. The highest BCUT2D eigenvalue weighted by Crippen LogP contribution is 2.30. The fraction of sp³-hybridized carbons (Fsp3) is 0.261. The molecular formula is C23H23N7O. The van der Waals surface area contributed by atoms with Gasteiger partial charge in [0, 0.05) is 18.4 Å². The van der Waals surface area contributed by atoms with Crippen LogP contribution in [0.15, 0.2) is 48.5 Å². The van der Waals surface area contributed by atoms with E-state index in [1.807, 2.05) is 22.9 Å². The highest BCUT2D eigenvalue weighted by molar-refractivity contribution is 5.80. The fourth-order valence-corrected chi connectivity index (χ4v) is 3.29. The molecule has 0 atom stereocenters. The van der Waals surface area contributed by atoms with Crippen molar-refractivity contribution in [3.8, 4) is 40.9 Å². The molecule has 2 aromatic carbocycles. The standard InChI is InChI=1S/C23H23N7O/c1-3-5-14-30-21(24-23(27-30)31-15-4-2)16-17-10-12-18(13-11-17)19-8-6-7-9-20(19)22-25-28-29-26-22/h1,6-13H,4-5,14-16H2,2H3,(H,25,26,28,29). The SMILES string of the molecule is C#CCCn1nc(OCCC)nc1Cc1ccc(-c2ccccc2-c2nnn[nH]2)cc1. The number of aromatic amines is 1. The normalized spacial score (nSPS) is 10.7. The van der Waals surface area contributed by atoms with Crippen molar-refractivity contribution in [3.63, 3.8) is 0 Å². The van der Waals surface area contributed by atoms with Gasteiger partial charge in [0.2, 0.25) is 0 Å². The number of hydrogen-bond acceptors (Lipinski definition) is 6. The van der Waals surface area contributed by atoms with Gasteiger partial charge in [0.05, 0.1) is 13.2 Å². The minimum atomic E-state index is 0.403. The van der Waals surface area contributed by atoms with Crippen LogP contribution < -0.4 is 4.74 Å². The third-order valence-electron chi connectivity index (χ3n) is 4.79. The van der Waals surface area contributed by atoms with Crippen LogP contribution in [0.1, 0.15) is 31.2 Å². The number of aryl methyl sites for hydroxylation is 1. The second-order valence-electron chi connectivity index (χ2n) is 7.01. The number of aromatic nitrogens is 7. The Morgan fingerprint density at radius 2 is 1.90 bits per heavy atom. The van der Waals surface area contributed by atoms with Gasteiger partial charge in [-0.15, -0.1) is 22.5 Å². The predicted octanol–water partition coefficient (Wildman–Crippen LogP) is 3.53. The van der Waals surface area contributed by atoms with Crippen molar-refractivity contribution >= 4 is 0 Å². The lowest BCUT2D eigenvalue weighted by Crippen LogP contribution is -2.06. The first kappa shape index (κ1) is 20.3. The summed E-state index contributed by atoms with van der Waals surface area (Å²) in [6.07, 6.45) is 7.56. The van der Waals surface area contributed by atoms with Crippen LogP contribution in [0.25, 0.3) is 22.5 Å². The van der Waals surface area contributed by atoms with Crippen molar-refractivity contribution in [2.24, 2.45) is 0 Å². The number of ether oxygens (including phenoxy) is 1. The zero-order valence-electron chi connectivity index (χ0n) is 17.3. The van der Waals surface area contributed by atoms with Crippen LogP contribution in [0.3, 0.4) is 0 Å². The van der Waals surface area contributed by atoms with Crippen molar-refractivity contribution in [3.05, 3.63) is 59.9 Å². The van der Waals surface area contributed by atoms with E-state index in [-0.39, 0.29) is 0 Å². The van der Waals surface area contributed by atoms with E-state index in [9.17, 15) is 0 Å². The van der Waals surface area contributed by atoms with Crippen LogP contribution in [-0.4, -0.2) is 42.0 Å². The van der Waals surface area contributed by atoms with E-state index < -0.39 is 0 Å². The van der Waals surface area contributed by atoms with E-state index >= 15 is 0 Å². The third-order valence-corrected chi connectivity index (χ3v) is 4.79. The Kier molecular flexibility index (Phi) is 6.33. The number of H-pyrrole nitrogens is 1. The Labute approximate surface area is 180 Å². The smallest absolute Gasteiger partial charge is 0.335 e. The van der Waals surface area contributed by atoms with Gasteiger partial charge in [0.25, 0.3) is 0 Å². The molecule has 0 bridgehead atoms. The number of hydrogen-bond donors (Lipinski definition) is 1. The molecule has 1 N–H and O–H groups in total. The quantitative estimate of drug-likeness (QED) is 0.422. The Morgan fingerprint density at radius 1 is 1.10 bits per heavy atom. The van der Waals surface area contributed by atoms with Gasteiger partial charge < -0.3 is 4.74 Å². The molecule has 0 saturated carbocycles. The van der Waals surface area contributed by atoms with Crippen molar-refractivity contribution in [2.45, 2.75) is 32.7 Å². The number of tetrazole rings is 1. The van der Waals surface area contributed by atoms with Gasteiger partial charge >= 0.3 is 6.01 Å². The monoisotopic (exact) mass is 413 g/mol. The molecule has 0 fully saturated rings. The average molecular weight is 413 g/mol. The summed E-state index contributed by atoms with van der Waals surface area (Å²) < 4.78 is 7.44. The molecule has 0 amide bonds. The molecule has 8 nitrogen and oxygen atoms in total. The Balaban J connectivity index is 1.56. The summed E-state index contributed by atoms with van der Waals surface area (Å²) in [6, 6.07) is 16.8. The van der Waals surface area contributed by atoms with Gasteiger partial charge in [-0.05, 0) is 33.5 Å². The molecule has 4 aromatic rings. The molecule has 0 saturated heterocycles. The highest BCUT2D eigenvalue weighted by atomic mass is 16.5. The lowest BCUT2D eigenvalue weighted by Gasteiger charge is -2.08. The van der Waals surface area contributed by atoms with Crippen molar-refractivity contribution < 1.29 is 4.74 Å². The van der Waals surface area contributed by atoms with Crippen LogP contribution in [0.2, 0.25) is 0 Å². The summed E-state index contributed by atoms with van der Waals surface area (Å²) in [5.74, 6) is 4.13. The van der Waals surface area contributed by atoms with Gasteiger partial charge in [-0.3, -0.25) is 0 Å². The molecular weight excluding hydrogens is 390 g/mol. The molecule has 2 aromatic heterocycles. The first-order valence-electron chi connectivity index (χ1n) is 10.2. The number of nitrogens with zero attached hydrogens (tertiary/aromatic N) is 6. The molecule has 31 heavy (non-hydrogen) atoms. The van der Waals surface area contributed by atoms with Gasteiger partial charge in [-0.2, -0.15) is 4.98 Å². The molecule has 0 radical (unpaired) electrons. The molecule has 8 heteroatoms. The van der Waals surface area contributed by atoms with Crippen LogP contribution >= 0.6 is 0 Å². The minimum absolute atomic E-state index is 0.403. The predicted molar refractivity (Wildman–Crippen MR) is 117 cm³/mol. The van der Waals surface area contributed by atoms with E-state index in [4.69, 9.17) is 11.2 Å². The van der Waals surface area contributed by atoms with Crippen LogP contribution in [0.4, 0.5) is 0 Å². The van der Waals surface area contributed by atoms with Crippen LogP contribution in [-0.2, 0) is 13.0 Å². The molecule has 0 spiro atoms. The second kappa shape index (κ2) is 9.67. The maximum atomic E-state index is 5.61. The Morgan fingerprint density at radius 3 is 2.61 bits per heavy atom. The maximum absolute atomic E-state index is 5.61. The molecule has 156 valence electrons. The minimum Gasteiger partial charge on any atom is -0.462 e. The van der Waals surface area contributed by atoms with Gasteiger partial charge in [-0.1, -0.05) is 55.5 Å². The van der Waals surface area contributed by atoms with E-state index in [1.54, 1.807) is 0 Å². The summed E-state index contributed by atoms with van der Waals surface area (Å²) in [6.45, 7) is 3.26. The number of terminal acetylenes is 1. The lowest BCUT2D eigenvalue weighted by atomic mass is 9.98. The first-order chi connectivity index (χ1) is 15.3. The Hall–Kier alpha value is -3.99. The van der Waals surface area contributed by atoms with Crippen LogP contribution in [0, 0.1) is 12.3 Å². The molecule has 0 unspecified atom stereocenters. The number of nitrogens with one attached hydrogen (secondary N) is 1. The largest absolute Gasteiger partial charge is 0.462 e. The summed E-state index contributed by atoms with van der Waals surface area (Å²) in [7, 11) is 0. The van der Waals surface area contributed by atoms with E-state index in [1.165, 1.54) is 0 Å². The van der Waals surface area contributed by atoms with Gasteiger partial charge in [0.1, 0.15) is 5.82 Å². The lowest BCUT2D eigenvalue weighted by molar-refractivity contribution is 0.290. The topological polar surface area (TPSA) is 94.4 Å². The summed E-state index contributed by atoms with van der Waals surface area (Å²) >= 11 is 0. The zero-order valence-corrected chi connectivity index (χ0v) is 17.3. The summed E-state index contributed by atoms with van der Waals surface area (Å²) in [5, 5.41) is 18.7. The van der Waals surface area contributed by atoms with Crippen molar-refractivity contribution in [1.29, 1.82) is 0 Å². The molecule has 0 aliphatic heterocycles. The summed E-state index contributed by atoms with van der Waals surface area (Å²) in [4.78, 5) is 4.56. The Bertz CT molecular complexity index is 1160. The van der Waals surface area contributed by atoms with E-state index in [0.29, 0.717) is 37.8 Å². The number of rotatable bonds is 9. The third kappa shape index (κ3) is 4.78. The van der Waals surface area contributed by atoms with Crippen molar-refractivity contribution in [2.75, 3.05) is 6.61 Å². The van der Waals surface area contributed by atoms with Gasteiger partial charge in [0.15, 0.2) is 5.82 Å². The highest BCUT2D eigenvalue weighted by Gasteiger charge is 2.13. The van der Waals surface area contributed by atoms with Crippen LogP contribution in [0.5, 0.6) is 6.01 Å². The van der Waals surface area contributed by atoms with E-state index in [0.717, 1.165) is 34.5 Å². The maximum Gasteiger partial charge on any atom is 0.335 e. The molecule has 0 aliphatic rings. The molecule has 4 rings (SSSR count). The fourth-order valence-electron chi connectivity index (χ4n) is 3.29. The van der Waals surface area contributed by atoms with Gasteiger partial charge in [-0.25, -0.2) is 9.78 Å². The van der Waals surface area contributed by atoms with E-state index in [2.05, 4.69) is 73.9 Å².